The van der Waals surface area contributed by atoms with E-state index in [1.54, 1.807) is 0 Å². The molecule has 2 rings (SSSR count). The molecule has 2 aliphatic rings. The molecule has 1 aliphatic heterocycles. The van der Waals surface area contributed by atoms with Gasteiger partial charge in [-0.1, -0.05) is 12.2 Å². The minimum atomic E-state index is 0.710. The van der Waals surface area contributed by atoms with E-state index in [1.165, 1.54) is 25.8 Å². The third kappa shape index (κ3) is 2.12. The van der Waals surface area contributed by atoms with Crippen molar-refractivity contribution < 1.29 is 0 Å². The summed E-state index contributed by atoms with van der Waals surface area (Å²) >= 11 is 0. The van der Waals surface area contributed by atoms with E-state index in [2.05, 4.69) is 29.3 Å². The molecule has 1 heterocycles. The second-order valence-corrected chi connectivity index (χ2v) is 4.22. The Morgan fingerprint density at radius 3 is 3.08 bits per heavy atom. The Morgan fingerprint density at radius 1 is 1.46 bits per heavy atom. The van der Waals surface area contributed by atoms with Gasteiger partial charge in [0.2, 0.25) is 0 Å². The molecule has 0 spiro atoms. The van der Waals surface area contributed by atoms with E-state index in [-0.39, 0.29) is 0 Å². The van der Waals surface area contributed by atoms with E-state index in [9.17, 15) is 0 Å². The Balaban J connectivity index is 1.96. The van der Waals surface area contributed by atoms with Crippen LogP contribution >= 0.6 is 0 Å². The van der Waals surface area contributed by atoms with Gasteiger partial charge in [-0.2, -0.15) is 0 Å². The number of rotatable bonds is 1. The molecule has 1 unspecified atom stereocenters. The molecule has 0 bridgehead atoms. The minimum Gasteiger partial charge on any atom is -0.314 e. The molecule has 2 heteroatoms. The Kier molecular flexibility index (Phi) is 3.01. The standard InChI is InChI=1S/C11H20N2/c1-10-9-12-7-8-13(10)11-5-3-2-4-6-11/h3,5,10-12H,2,4,6-9H2,1H3/t10-,11?/m0/s1. The summed E-state index contributed by atoms with van der Waals surface area (Å²) in [5.74, 6) is 0. The monoisotopic (exact) mass is 180 g/mol. The van der Waals surface area contributed by atoms with Crippen LogP contribution in [-0.4, -0.2) is 36.6 Å². The van der Waals surface area contributed by atoms with Gasteiger partial charge in [0.15, 0.2) is 0 Å². The van der Waals surface area contributed by atoms with Gasteiger partial charge in [0.25, 0.3) is 0 Å². The largest absolute Gasteiger partial charge is 0.314 e. The molecule has 1 fully saturated rings. The number of allylic oxidation sites excluding steroid dienone is 1. The number of hydrogen-bond acceptors (Lipinski definition) is 2. The summed E-state index contributed by atoms with van der Waals surface area (Å²) in [5.41, 5.74) is 0. The fraction of sp³-hybridized carbons (Fsp3) is 0.818. The van der Waals surface area contributed by atoms with E-state index in [1.807, 2.05) is 0 Å². The third-order valence-electron chi connectivity index (χ3n) is 3.21. The Labute approximate surface area is 81.0 Å². The van der Waals surface area contributed by atoms with E-state index in [0.29, 0.717) is 6.04 Å². The van der Waals surface area contributed by atoms with Crippen LogP contribution in [0.4, 0.5) is 0 Å². The average molecular weight is 180 g/mol. The summed E-state index contributed by atoms with van der Waals surface area (Å²) in [4.78, 5) is 2.64. The summed E-state index contributed by atoms with van der Waals surface area (Å²) in [5, 5.41) is 3.44. The normalized spacial score (nSPS) is 36.4. The molecule has 0 aromatic rings. The summed E-state index contributed by atoms with van der Waals surface area (Å²) in [6, 6.07) is 1.44. The smallest absolute Gasteiger partial charge is 0.0282 e. The predicted octanol–water partition coefficient (Wildman–Crippen LogP) is 1.39. The third-order valence-corrected chi connectivity index (χ3v) is 3.21. The highest BCUT2D eigenvalue weighted by Crippen LogP contribution is 2.19. The van der Waals surface area contributed by atoms with E-state index < -0.39 is 0 Å². The number of nitrogens with zero attached hydrogens (tertiary/aromatic N) is 1. The molecule has 1 N–H and O–H groups in total. The van der Waals surface area contributed by atoms with E-state index >= 15 is 0 Å². The van der Waals surface area contributed by atoms with Crippen LogP contribution in [0.25, 0.3) is 0 Å². The van der Waals surface area contributed by atoms with Crippen molar-refractivity contribution in [3.8, 4) is 0 Å². The molecular weight excluding hydrogens is 160 g/mol. The molecule has 0 aromatic heterocycles. The summed E-state index contributed by atoms with van der Waals surface area (Å²) < 4.78 is 0. The van der Waals surface area contributed by atoms with Gasteiger partial charge in [-0.15, -0.1) is 0 Å². The van der Waals surface area contributed by atoms with Gasteiger partial charge >= 0.3 is 0 Å². The molecule has 1 saturated heterocycles. The Morgan fingerprint density at radius 2 is 2.38 bits per heavy atom. The van der Waals surface area contributed by atoms with E-state index in [4.69, 9.17) is 0 Å². The maximum Gasteiger partial charge on any atom is 0.0282 e. The summed E-state index contributed by atoms with van der Waals surface area (Å²) in [7, 11) is 0. The van der Waals surface area contributed by atoms with Crippen molar-refractivity contribution in [1.82, 2.24) is 10.2 Å². The molecule has 0 amide bonds. The van der Waals surface area contributed by atoms with Crippen molar-refractivity contribution in [3.05, 3.63) is 12.2 Å². The van der Waals surface area contributed by atoms with Crippen LogP contribution in [0.2, 0.25) is 0 Å². The fourth-order valence-corrected chi connectivity index (χ4v) is 2.42. The molecule has 1 aliphatic carbocycles. The topological polar surface area (TPSA) is 15.3 Å². The molecule has 0 radical (unpaired) electrons. The maximum atomic E-state index is 3.44. The second kappa shape index (κ2) is 4.25. The quantitative estimate of drug-likeness (QED) is 0.613. The Bertz CT molecular complexity index is 189. The lowest BCUT2D eigenvalue weighted by molar-refractivity contribution is 0.131. The van der Waals surface area contributed by atoms with Crippen LogP contribution in [0.15, 0.2) is 12.2 Å². The number of piperazine rings is 1. The zero-order chi connectivity index (χ0) is 9.10. The summed E-state index contributed by atoms with van der Waals surface area (Å²) in [6.07, 6.45) is 8.78. The highest BCUT2D eigenvalue weighted by atomic mass is 15.2. The van der Waals surface area contributed by atoms with Crippen LogP contribution in [0.1, 0.15) is 26.2 Å². The van der Waals surface area contributed by atoms with Crippen molar-refractivity contribution in [3.63, 3.8) is 0 Å². The second-order valence-electron chi connectivity index (χ2n) is 4.22. The van der Waals surface area contributed by atoms with Crippen molar-refractivity contribution in [1.29, 1.82) is 0 Å². The van der Waals surface area contributed by atoms with Gasteiger partial charge in [-0.05, 0) is 26.2 Å². The van der Waals surface area contributed by atoms with Gasteiger partial charge < -0.3 is 5.32 Å². The first-order chi connectivity index (χ1) is 6.38. The SMILES string of the molecule is C[C@H]1CNCCN1C1C=CCCC1. The lowest BCUT2D eigenvalue weighted by atomic mass is 9.99. The first-order valence-electron chi connectivity index (χ1n) is 5.51. The molecule has 74 valence electrons. The van der Waals surface area contributed by atoms with Gasteiger partial charge in [0.1, 0.15) is 0 Å². The van der Waals surface area contributed by atoms with Crippen LogP contribution in [0, 0.1) is 0 Å². The van der Waals surface area contributed by atoms with Crippen LogP contribution in [0.5, 0.6) is 0 Å². The molecule has 0 aromatic carbocycles. The summed E-state index contributed by atoms with van der Waals surface area (Å²) in [6.45, 7) is 5.86. The average Bonchev–Trinajstić information content (AvgIpc) is 2.20. The predicted molar refractivity (Wildman–Crippen MR) is 55.8 cm³/mol. The number of nitrogens with one attached hydrogen (secondary N) is 1. The first kappa shape index (κ1) is 9.22. The lowest BCUT2D eigenvalue weighted by Gasteiger charge is -2.39. The zero-order valence-electron chi connectivity index (χ0n) is 8.50. The molecule has 0 saturated carbocycles. The maximum absolute atomic E-state index is 3.44. The van der Waals surface area contributed by atoms with Crippen molar-refractivity contribution in [2.75, 3.05) is 19.6 Å². The highest BCUT2D eigenvalue weighted by Gasteiger charge is 2.24. The first-order valence-corrected chi connectivity index (χ1v) is 5.51. The van der Waals surface area contributed by atoms with Crippen LogP contribution in [0.3, 0.4) is 0 Å². The number of hydrogen-bond donors (Lipinski definition) is 1. The minimum absolute atomic E-state index is 0.710. The Hall–Kier alpha value is -0.340. The van der Waals surface area contributed by atoms with Crippen molar-refractivity contribution >= 4 is 0 Å². The molecule has 2 nitrogen and oxygen atoms in total. The lowest BCUT2D eigenvalue weighted by Crippen LogP contribution is -2.53. The molecule has 2 atom stereocenters. The van der Waals surface area contributed by atoms with Crippen LogP contribution in [-0.2, 0) is 0 Å². The van der Waals surface area contributed by atoms with Gasteiger partial charge in [-0.25, -0.2) is 0 Å². The van der Waals surface area contributed by atoms with Crippen LogP contribution < -0.4 is 5.32 Å². The van der Waals surface area contributed by atoms with Gasteiger partial charge in [0.05, 0.1) is 0 Å². The zero-order valence-corrected chi connectivity index (χ0v) is 8.50. The molecule has 13 heavy (non-hydrogen) atoms. The molecular formula is C11H20N2. The van der Waals surface area contributed by atoms with Gasteiger partial charge in [-0.3, -0.25) is 4.90 Å². The highest BCUT2D eigenvalue weighted by molar-refractivity contribution is 5.00. The van der Waals surface area contributed by atoms with Gasteiger partial charge in [0, 0.05) is 31.7 Å². The van der Waals surface area contributed by atoms with Crippen molar-refractivity contribution in [2.24, 2.45) is 0 Å². The fourth-order valence-electron chi connectivity index (χ4n) is 2.42. The van der Waals surface area contributed by atoms with E-state index in [0.717, 1.165) is 19.1 Å². The van der Waals surface area contributed by atoms with Crippen molar-refractivity contribution in [2.45, 2.75) is 38.3 Å².